The van der Waals surface area contributed by atoms with Gasteiger partial charge in [0.2, 0.25) is 11.8 Å². The van der Waals surface area contributed by atoms with Crippen molar-refractivity contribution < 1.29 is 9.59 Å². The Kier molecular flexibility index (Phi) is 3.57. The third kappa shape index (κ3) is 2.46. The molecule has 0 unspecified atom stereocenters. The van der Waals surface area contributed by atoms with Crippen molar-refractivity contribution in [1.82, 2.24) is 5.32 Å². The van der Waals surface area contributed by atoms with Crippen LogP contribution in [-0.2, 0) is 5.41 Å². The third-order valence-corrected chi connectivity index (χ3v) is 3.91. The highest BCUT2D eigenvalue weighted by molar-refractivity contribution is 6.01. The second-order valence-electron chi connectivity index (χ2n) is 5.27. The molecule has 102 valence electrons. The maximum Gasteiger partial charge on any atom is 0.249 e. The molecule has 0 saturated carbocycles. The molecule has 1 aliphatic rings. The molecule has 2 rings (SSSR count). The highest BCUT2D eigenvalue weighted by Gasteiger charge is 2.35. The van der Waals surface area contributed by atoms with Crippen molar-refractivity contribution >= 4 is 11.8 Å². The molecule has 1 heterocycles. The molecule has 5 N–H and O–H groups in total. The maximum atomic E-state index is 11.6. The molecule has 1 aliphatic heterocycles. The van der Waals surface area contributed by atoms with E-state index < -0.39 is 11.8 Å². The first-order valence-corrected chi connectivity index (χ1v) is 6.39. The number of benzene rings is 1. The van der Waals surface area contributed by atoms with Crippen LogP contribution in [-0.4, -0.2) is 24.9 Å². The summed E-state index contributed by atoms with van der Waals surface area (Å²) in [6.45, 7) is 3.76. The van der Waals surface area contributed by atoms with Gasteiger partial charge in [-0.25, -0.2) is 0 Å². The summed E-state index contributed by atoms with van der Waals surface area (Å²) in [6, 6.07) is 4.98. The first-order chi connectivity index (χ1) is 8.96. The zero-order chi connectivity index (χ0) is 14.0. The molecule has 5 nitrogen and oxygen atoms in total. The Morgan fingerprint density at radius 3 is 2.00 bits per heavy atom. The van der Waals surface area contributed by atoms with Gasteiger partial charge in [0.1, 0.15) is 0 Å². The summed E-state index contributed by atoms with van der Waals surface area (Å²) in [5.74, 6) is -1.03. The lowest BCUT2D eigenvalue weighted by Crippen LogP contribution is -2.40. The van der Waals surface area contributed by atoms with Gasteiger partial charge in [0.15, 0.2) is 0 Å². The molecular formula is C14H19N3O2. The minimum Gasteiger partial charge on any atom is -0.366 e. The normalized spacial score (nSPS) is 17.9. The van der Waals surface area contributed by atoms with Crippen LogP contribution in [0.2, 0.25) is 0 Å². The third-order valence-electron chi connectivity index (χ3n) is 3.91. The Hall–Kier alpha value is -1.88. The quantitative estimate of drug-likeness (QED) is 0.740. The summed E-state index contributed by atoms with van der Waals surface area (Å²) >= 11 is 0. The van der Waals surface area contributed by atoms with E-state index in [9.17, 15) is 9.59 Å². The standard InChI is InChI=1S/C14H19N3O2/c1-14(5-7-17-8-6-14)11-9(12(15)18)3-2-4-10(11)13(16)19/h2-4,17H,5-8H2,1H3,(H2,15,18)(H2,16,19). The highest BCUT2D eigenvalue weighted by Crippen LogP contribution is 2.37. The monoisotopic (exact) mass is 261 g/mol. The lowest BCUT2D eigenvalue weighted by molar-refractivity contribution is 0.0995. The largest absolute Gasteiger partial charge is 0.366 e. The highest BCUT2D eigenvalue weighted by atomic mass is 16.1. The average molecular weight is 261 g/mol. The summed E-state index contributed by atoms with van der Waals surface area (Å²) in [5.41, 5.74) is 12.1. The van der Waals surface area contributed by atoms with Crippen LogP contribution in [0.3, 0.4) is 0 Å². The number of nitrogens with two attached hydrogens (primary N) is 2. The van der Waals surface area contributed by atoms with E-state index in [1.54, 1.807) is 18.2 Å². The molecule has 0 aliphatic carbocycles. The number of amides is 2. The number of rotatable bonds is 3. The molecule has 1 aromatic rings. The zero-order valence-corrected chi connectivity index (χ0v) is 11.0. The van der Waals surface area contributed by atoms with Crippen LogP contribution in [0.4, 0.5) is 0 Å². The second-order valence-corrected chi connectivity index (χ2v) is 5.27. The predicted molar refractivity (Wildman–Crippen MR) is 72.9 cm³/mol. The number of hydrogen-bond donors (Lipinski definition) is 3. The number of carbonyl (C=O) groups excluding carboxylic acids is 2. The van der Waals surface area contributed by atoms with E-state index in [0.29, 0.717) is 16.7 Å². The molecule has 1 aromatic carbocycles. The Morgan fingerprint density at radius 2 is 1.58 bits per heavy atom. The van der Waals surface area contributed by atoms with E-state index in [0.717, 1.165) is 25.9 Å². The Balaban J connectivity index is 2.63. The second kappa shape index (κ2) is 5.01. The van der Waals surface area contributed by atoms with Gasteiger partial charge >= 0.3 is 0 Å². The van der Waals surface area contributed by atoms with Crippen molar-refractivity contribution in [3.8, 4) is 0 Å². The van der Waals surface area contributed by atoms with Gasteiger partial charge in [0.05, 0.1) is 0 Å². The molecule has 0 radical (unpaired) electrons. The van der Waals surface area contributed by atoms with Crippen molar-refractivity contribution in [3.63, 3.8) is 0 Å². The Morgan fingerprint density at radius 1 is 1.11 bits per heavy atom. The smallest absolute Gasteiger partial charge is 0.249 e. The number of primary amides is 2. The van der Waals surface area contributed by atoms with Crippen LogP contribution in [0, 0.1) is 0 Å². The zero-order valence-electron chi connectivity index (χ0n) is 11.0. The maximum absolute atomic E-state index is 11.6. The van der Waals surface area contributed by atoms with E-state index >= 15 is 0 Å². The Labute approximate surface area is 112 Å². The first-order valence-electron chi connectivity index (χ1n) is 6.39. The Bertz CT molecular complexity index is 487. The predicted octanol–water partition coefficient (Wildman–Crippen LogP) is 0.526. The van der Waals surface area contributed by atoms with Crippen LogP contribution in [0.25, 0.3) is 0 Å². The number of piperidine rings is 1. The fraction of sp³-hybridized carbons (Fsp3) is 0.429. The van der Waals surface area contributed by atoms with Crippen LogP contribution in [0.1, 0.15) is 46.0 Å². The van der Waals surface area contributed by atoms with Crippen LogP contribution < -0.4 is 16.8 Å². The summed E-state index contributed by atoms with van der Waals surface area (Å²) in [4.78, 5) is 23.3. The lowest BCUT2D eigenvalue weighted by atomic mass is 9.71. The minimum absolute atomic E-state index is 0.249. The molecule has 1 fully saturated rings. The van der Waals surface area contributed by atoms with Crippen LogP contribution in [0.5, 0.6) is 0 Å². The van der Waals surface area contributed by atoms with Crippen molar-refractivity contribution in [2.75, 3.05) is 13.1 Å². The molecular weight excluding hydrogens is 242 g/mol. The van der Waals surface area contributed by atoms with Crippen molar-refractivity contribution in [1.29, 1.82) is 0 Å². The van der Waals surface area contributed by atoms with Gasteiger partial charge in [-0.15, -0.1) is 0 Å². The SMILES string of the molecule is CC1(c2c(C(N)=O)cccc2C(N)=O)CCNCC1. The van der Waals surface area contributed by atoms with Gasteiger partial charge in [0.25, 0.3) is 0 Å². The number of carbonyl (C=O) groups is 2. The van der Waals surface area contributed by atoms with E-state index in [1.807, 2.05) is 0 Å². The molecule has 0 spiro atoms. The molecule has 0 atom stereocenters. The van der Waals surface area contributed by atoms with Crippen molar-refractivity contribution in [2.45, 2.75) is 25.2 Å². The molecule has 0 bridgehead atoms. The summed E-state index contributed by atoms with van der Waals surface area (Å²) in [6.07, 6.45) is 1.69. The minimum atomic E-state index is -0.516. The first kappa shape index (κ1) is 13.5. The van der Waals surface area contributed by atoms with Gasteiger partial charge in [-0.2, -0.15) is 0 Å². The van der Waals surface area contributed by atoms with E-state index in [4.69, 9.17) is 11.5 Å². The van der Waals surface area contributed by atoms with Crippen molar-refractivity contribution in [2.24, 2.45) is 11.5 Å². The van der Waals surface area contributed by atoms with Crippen molar-refractivity contribution in [3.05, 3.63) is 34.9 Å². The summed E-state index contributed by atoms with van der Waals surface area (Å²) in [5, 5.41) is 3.27. The molecule has 0 aromatic heterocycles. The number of hydrogen-bond acceptors (Lipinski definition) is 3. The van der Waals surface area contributed by atoms with E-state index in [1.165, 1.54) is 0 Å². The summed E-state index contributed by atoms with van der Waals surface area (Å²) in [7, 11) is 0. The number of nitrogens with one attached hydrogen (secondary N) is 1. The molecule has 19 heavy (non-hydrogen) atoms. The molecule has 2 amide bonds. The summed E-state index contributed by atoms with van der Waals surface area (Å²) < 4.78 is 0. The fourth-order valence-electron chi connectivity index (χ4n) is 2.84. The fourth-order valence-corrected chi connectivity index (χ4v) is 2.84. The average Bonchev–Trinajstić information content (AvgIpc) is 2.38. The molecule has 5 heteroatoms. The van der Waals surface area contributed by atoms with Gasteiger partial charge in [0, 0.05) is 11.1 Å². The van der Waals surface area contributed by atoms with Gasteiger partial charge in [-0.3, -0.25) is 9.59 Å². The van der Waals surface area contributed by atoms with Gasteiger partial charge < -0.3 is 16.8 Å². The molecule has 1 saturated heterocycles. The topological polar surface area (TPSA) is 98.2 Å². The van der Waals surface area contributed by atoms with Gasteiger partial charge in [-0.1, -0.05) is 13.0 Å². The van der Waals surface area contributed by atoms with E-state index in [2.05, 4.69) is 12.2 Å². The van der Waals surface area contributed by atoms with Crippen LogP contribution in [0.15, 0.2) is 18.2 Å². The van der Waals surface area contributed by atoms with Crippen LogP contribution >= 0.6 is 0 Å². The van der Waals surface area contributed by atoms with Gasteiger partial charge in [-0.05, 0) is 49.0 Å². The lowest BCUT2D eigenvalue weighted by Gasteiger charge is -2.36. The van der Waals surface area contributed by atoms with E-state index in [-0.39, 0.29) is 5.41 Å².